The predicted molar refractivity (Wildman–Crippen MR) is 138 cm³/mol. The summed E-state index contributed by atoms with van der Waals surface area (Å²) < 4.78 is 13.3. The first kappa shape index (κ1) is 22.2. The first-order valence-electron chi connectivity index (χ1n) is 10.8. The van der Waals surface area contributed by atoms with Crippen molar-refractivity contribution in [3.05, 3.63) is 95.4 Å². The second-order valence-corrected chi connectivity index (χ2v) is 9.19. The molecule has 0 aliphatic carbocycles. The molecule has 2 aromatic heterocycles. The molecule has 8 heteroatoms. The molecule has 0 unspecified atom stereocenters. The number of furan rings is 1. The zero-order valence-corrected chi connectivity index (χ0v) is 20.0. The lowest BCUT2D eigenvalue weighted by atomic mass is 10.1. The van der Waals surface area contributed by atoms with Crippen LogP contribution in [-0.4, -0.2) is 31.5 Å². The summed E-state index contributed by atoms with van der Waals surface area (Å²) in [6.07, 6.45) is 5.38. The molecule has 1 fully saturated rings. The molecule has 0 radical (unpaired) electrons. The van der Waals surface area contributed by atoms with Gasteiger partial charge in [-0.15, -0.1) is 0 Å². The van der Waals surface area contributed by atoms with Crippen LogP contribution in [0.4, 0.5) is 0 Å². The number of para-hydroxylation sites is 1. The Balaban J connectivity index is 1.52. The van der Waals surface area contributed by atoms with Gasteiger partial charge in [0, 0.05) is 17.3 Å². The van der Waals surface area contributed by atoms with Crippen LogP contribution in [0.25, 0.3) is 23.0 Å². The summed E-state index contributed by atoms with van der Waals surface area (Å²) in [7, 11) is 0. The van der Waals surface area contributed by atoms with Gasteiger partial charge in [-0.2, -0.15) is 5.10 Å². The molecule has 0 atom stereocenters. The number of nitrogens with zero attached hydrogens (tertiary/aromatic N) is 3. The van der Waals surface area contributed by atoms with Crippen molar-refractivity contribution >= 4 is 40.3 Å². The van der Waals surface area contributed by atoms with Crippen LogP contribution >= 0.6 is 24.0 Å². The molecule has 1 aliphatic heterocycles. The lowest BCUT2D eigenvalue weighted by molar-refractivity contribution is -0.122. The van der Waals surface area contributed by atoms with E-state index in [1.54, 1.807) is 17.2 Å². The summed E-state index contributed by atoms with van der Waals surface area (Å²) in [5.41, 5.74) is 3.45. The predicted octanol–water partition coefficient (Wildman–Crippen LogP) is 5.93. The Morgan fingerprint density at radius 3 is 2.59 bits per heavy atom. The van der Waals surface area contributed by atoms with E-state index in [4.69, 9.17) is 26.5 Å². The molecule has 1 saturated heterocycles. The van der Waals surface area contributed by atoms with E-state index in [0.717, 1.165) is 28.3 Å². The van der Waals surface area contributed by atoms with Crippen LogP contribution in [0, 0.1) is 0 Å². The fourth-order valence-corrected chi connectivity index (χ4v) is 4.89. The largest absolute Gasteiger partial charge is 0.494 e. The number of carbonyl (C=O) groups excluding carboxylic acids is 1. The first-order valence-corrected chi connectivity index (χ1v) is 12.0. The van der Waals surface area contributed by atoms with Crippen LogP contribution in [0.5, 0.6) is 5.75 Å². The normalized spacial score (nSPS) is 14.9. The number of thiocarbonyl (C=S) groups is 1. The van der Waals surface area contributed by atoms with E-state index in [2.05, 4.69) is 0 Å². The molecule has 0 spiro atoms. The highest BCUT2D eigenvalue weighted by atomic mass is 32.2. The monoisotopic (exact) mass is 487 g/mol. The van der Waals surface area contributed by atoms with E-state index >= 15 is 0 Å². The molecule has 5 rings (SSSR count). The van der Waals surface area contributed by atoms with Gasteiger partial charge in [-0.3, -0.25) is 9.69 Å². The number of hydrogen-bond acceptors (Lipinski definition) is 6. The molecular weight excluding hydrogens is 466 g/mol. The highest BCUT2D eigenvalue weighted by Crippen LogP contribution is 2.36. The third kappa shape index (κ3) is 4.55. The van der Waals surface area contributed by atoms with Crippen molar-refractivity contribution in [1.82, 2.24) is 14.7 Å². The maximum Gasteiger partial charge on any atom is 0.266 e. The molecule has 34 heavy (non-hydrogen) atoms. The molecule has 0 saturated carbocycles. The van der Waals surface area contributed by atoms with Crippen molar-refractivity contribution in [2.45, 2.75) is 13.5 Å². The molecule has 2 aromatic carbocycles. The molecule has 1 amide bonds. The Bertz CT molecular complexity index is 1340. The topological polar surface area (TPSA) is 60.5 Å². The van der Waals surface area contributed by atoms with Gasteiger partial charge in [-0.25, -0.2) is 4.68 Å². The molecule has 0 N–H and O–H groups in total. The lowest BCUT2D eigenvalue weighted by Crippen LogP contribution is -2.27. The number of carbonyl (C=O) groups is 1. The van der Waals surface area contributed by atoms with Crippen molar-refractivity contribution in [1.29, 1.82) is 0 Å². The minimum atomic E-state index is -0.142. The van der Waals surface area contributed by atoms with Crippen LogP contribution in [-0.2, 0) is 11.3 Å². The maximum atomic E-state index is 13.2. The second kappa shape index (κ2) is 9.70. The van der Waals surface area contributed by atoms with E-state index in [-0.39, 0.29) is 5.91 Å². The number of hydrogen-bond donors (Lipinski definition) is 0. The van der Waals surface area contributed by atoms with Gasteiger partial charge >= 0.3 is 0 Å². The van der Waals surface area contributed by atoms with Gasteiger partial charge in [0.05, 0.1) is 35.7 Å². The van der Waals surface area contributed by atoms with E-state index in [9.17, 15) is 4.79 Å². The van der Waals surface area contributed by atoms with Crippen LogP contribution in [0.2, 0.25) is 0 Å². The summed E-state index contributed by atoms with van der Waals surface area (Å²) in [4.78, 5) is 15.3. The summed E-state index contributed by atoms with van der Waals surface area (Å²) in [5.74, 6) is 1.34. The van der Waals surface area contributed by atoms with Gasteiger partial charge in [0.1, 0.15) is 15.8 Å². The SMILES string of the molecule is CCOc1ccc(-c2nn(-c3ccccc3)cc2/C=C2/SC(=S)N(Cc3ccco3)C2=O)cc1. The third-order valence-electron chi connectivity index (χ3n) is 5.26. The molecule has 6 nitrogen and oxygen atoms in total. The fraction of sp³-hybridized carbons (Fsp3) is 0.115. The average molecular weight is 488 g/mol. The van der Waals surface area contributed by atoms with Gasteiger partial charge in [0.15, 0.2) is 0 Å². The number of ether oxygens (including phenoxy) is 1. The van der Waals surface area contributed by atoms with E-state index in [1.165, 1.54) is 11.8 Å². The first-order chi connectivity index (χ1) is 16.6. The van der Waals surface area contributed by atoms with Crippen LogP contribution in [0.1, 0.15) is 18.2 Å². The van der Waals surface area contributed by atoms with Crippen molar-refractivity contribution in [2.24, 2.45) is 0 Å². The highest BCUT2D eigenvalue weighted by molar-refractivity contribution is 8.26. The van der Waals surface area contributed by atoms with E-state index in [1.807, 2.05) is 84.5 Å². The zero-order chi connectivity index (χ0) is 23.5. The summed E-state index contributed by atoms with van der Waals surface area (Å²) >= 11 is 6.77. The Kier molecular flexibility index (Phi) is 6.33. The quantitative estimate of drug-likeness (QED) is 0.238. The van der Waals surface area contributed by atoms with Gasteiger partial charge in [0.2, 0.25) is 0 Å². The van der Waals surface area contributed by atoms with Crippen LogP contribution in [0.15, 0.2) is 88.5 Å². The van der Waals surface area contributed by atoms with Crippen molar-refractivity contribution in [2.75, 3.05) is 6.61 Å². The van der Waals surface area contributed by atoms with Gasteiger partial charge in [-0.1, -0.05) is 42.2 Å². The minimum Gasteiger partial charge on any atom is -0.494 e. The Morgan fingerprint density at radius 2 is 1.88 bits per heavy atom. The molecule has 1 aliphatic rings. The highest BCUT2D eigenvalue weighted by Gasteiger charge is 2.33. The maximum absolute atomic E-state index is 13.2. The van der Waals surface area contributed by atoms with Crippen LogP contribution < -0.4 is 4.74 Å². The minimum absolute atomic E-state index is 0.142. The Morgan fingerprint density at radius 1 is 1.09 bits per heavy atom. The second-order valence-electron chi connectivity index (χ2n) is 7.52. The number of aromatic nitrogens is 2. The molecule has 170 valence electrons. The number of benzene rings is 2. The molecular formula is C26H21N3O3S2. The van der Waals surface area contributed by atoms with Crippen molar-refractivity contribution in [3.63, 3.8) is 0 Å². The number of thioether (sulfide) groups is 1. The van der Waals surface area contributed by atoms with Gasteiger partial charge in [-0.05, 0) is 61.5 Å². The summed E-state index contributed by atoms with van der Waals surface area (Å²) in [6.45, 7) is 2.87. The average Bonchev–Trinajstić information content (AvgIpc) is 3.58. The van der Waals surface area contributed by atoms with E-state index in [0.29, 0.717) is 28.1 Å². The summed E-state index contributed by atoms with van der Waals surface area (Å²) in [6, 6.07) is 21.3. The van der Waals surface area contributed by atoms with E-state index < -0.39 is 0 Å². The number of rotatable bonds is 7. The molecule has 3 heterocycles. The fourth-order valence-electron chi connectivity index (χ4n) is 3.64. The van der Waals surface area contributed by atoms with Crippen LogP contribution in [0.3, 0.4) is 0 Å². The van der Waals surface area contributed by atoms with Crippen molar-refractivity contribution in [3.8, 4) is 22.7 Å². The lowest BCUT2D eigenvalue weighted by Gasteiger charge is -2.11. The zero-order valence-electron chi connectivity index (χ0n) is 18.4. The van der Waals surface area contributed by atoms with Crippen molar-refractivity contribution < 1.29 is 13.9 Å². The summed E-state index contributed by atoms with van der Waals surface area (Å²) in [5, 5.41) is 4.84. The third-order valence-corrected chi connectivity index (χ3v) is 6.63. The van der Waals surface area contributed by atoms with Gasteiger partial charge in [0.25, 0.3) is 5.91 Å². The Labute approximate surface area is 206 Å². The van der Waals surface area contributed by atoms with Gasteiger partial charge < -0.3 is 9.15 Å². The molecule has 0 bridgehead atoms. The molecule has 4 aromatic rings. The smallest absolute Gasteiger partial charge is 0.266 e. The Hall–Kier alpha value is -3.62. The number of amides is 1. The standard InChI is InChI=1S/C26H21N3O3S2/c1-2-31-21-12-10-18(11-13-21)24-19(16-29(27-24)20-7-4-3-5-8-20)15-23-25(30)28(26(33)34-23)17-22-9-6-14-32-22/h3-16H,2,17H2,1H3/b23-15+.